The zero-order valence-electron chi connectivity index (χ0n) is 18.9. The van der Waals surface area contributed by atoms with Crippen molar-refractivity contribution in [3.05, 3.63) is 46.6 Å². The van der Waals surface area contributed by atoms with Gasteiger partial charge in [-0.25, -0.2) is 9.78 Å². The van der Waals surface area contributed by atoms with Crippen molar-refractivity contribution in [3.8, 4) is 0 Å². The SMILES string of the molecule is NC1CCN(CCCCn2ccc(Nc3cc(C(=O)N4CCC(O)C4)ccn3)nc2=O)CC1. The summed E-state index contributed by atoms with van der Waals surface area (Å²) in [5.74, 6) is 0.675. The third-order valence-electron chi connectivity index (χ3n) is 6.34. The fourth-order valence-electron chi connectivity index (χ4n) is 4.33. The van der Waals surface area contributed by atoms with E-state index in [0.29, 0.717) is 49.3 Å². The molecule has 0 bridgehead atoms. The molecule has 4 N–H and O–H groups in total. The van der Waals surface area contributed by atoms with Crippen LogP contribution >= 0.6 is 0 Å². The number of pyridine rings is 1. The van der Waals surface area contributed by atoms with E-state index in [1.54, 1.807) is 40.1 Å². The van der Waals surface area contributed by atoms with Crippen LogP contribution in [0.1, 0.15) is 42.5 Å². The fourth-order valence-corrected chi connectivity index (χ4v) is 4.33. The highest BCUT2D eigenvalue weighted by molar-refractivity contribution is 5.95. The normalized spacial score (nSPS) is 19.7. The molecule has 1 atom stereocenters. The zero-order chi connectivity index (χ0) is 23.2. The first-order chi connectivity index (χ1) is 16.0. The van der Waals surface area contributed by atoms with E-state index in [1.807, 2.05) is 0 Å². The zero-order valence-corrected chi connectivity index (χ0v) is 18.9. The predicted molar refractivity (Wildman–Crippen MR) is 125 cm³/mol. The summed E-state index contributed by atoms with van der Waals surface area (Å²) in [5, 5.41) is 12.7. The van der Waals surface area contributed by atoms with Crippen LogP contribution in [0.4, 0.5) is 11.6 Å². The molecule has 4 rings (SSSR count). The Hall–Kier alpha value is -2.82. The van der Waals surface area contributed by atoms with Crippen LogP contribution in [-0.2, 0) is 6.54 Å². The van der Waals surface area contributed by atoms with Crippen molar-refractivity contribution in [1.29, 1.82) is 0 Å². The average Bonchev–Trinajstić information content (AvgIpc) is 3.25. The van der Waals surface area contributed by atoms with E-state index in [1.165, 1.54) is 0 Å². The van der Waals surface area contributed by atoms with E-state index in [4.69, 9.17) is 5.73 Å². The Morgan fingerprint density at radius 3 is 2.64 bits per heavy atom. The van der Waals surface area contributed by atoms with Crippen molar-refractivity contribution in [3.63, 3.8) is 0 Å². The van der Waals surface area contributed by atoms with Crippen LogP contribution in [0.2, 0.25) is 0 Å². The number of unbranched alkanes of at least 4 members (excludes halogenated alkanes) is 1. The highest BCUT2D eigenvalue weighted by Gasteiger charge is 2.25. The van der Waals surface area contributed by atoms with Crippen LogP contribution in [0, 0.1) is 0 Å². The number of carbonyl (C=O) groups excluding carboxylic acids is 1. The van der Waals surface area contributed by atoms with Gasteiger partial charge in [-0.2, -0.15) is 4.98 Å². The summed E-state index contributed by atoms with van der Waals surface area (Å²) in [4.78, 5) is 37.4. The molecule has 2 aliphatic heterocycles. The van der Waals surface area contributed by atoms with Crippen LogP contribution in [0.25, 0.3) is 0 Å². The minimum Gasteiger partial charge on any atom is -0.391 e. The van der Waals surface area contributed by atoms with Crippen LogP contribution < -0.4 is 16.7 Å². The summed E-state index contributed by atoms with van der Waals surface area (Å²) in [7, 11) is 0. The smallest absolute Gasteiger partial charge is 0.349 e. The van der Waals surface area contributed by atoms with Gasteiger partial charge in [0.1, 0.15) is 11.6 Å². The number of aromatic nitrogens is 3. The van der Waals surface area contributed by atoms with E-state index >= 15 is 0 Å². The molecule has 178 valence electrons. The van der Waals surface area contributed by atoms with Crippen LogP contribution in [0.3, 0.4) is 0 Å². The number of nitrogens with zero attached hydrogens (tertiary/aromatic N) is 5. The van der Waals surface area contributed by atoms with Crippen LogP contribution in [0.15, 0.2) is 35.4 Å². The van der Waals surface area contributed by atoms with E-state index in [-0.39, 0.29) is 11.6 Å². The molecule has 0 spiro atoms. The number of amides is 1. The predicted octanol–water partition coefficient (Wildman–Crippen LogP) is 0.792. The standard InChI is InChI=1S/C23H33N7O3/c24-18-4-11-28(12-5-18)9-1-2-10-29-14-7-20(27-23(29)33)26-21-15-17(3-8-25-21)22(32)30-13-6-19(31)16-30/h3,7-8,14-15,18-19,31H,1-2,4-6,9-13,16,24H2,(H,25,26,27,33). The summed E-state index contributed by atoms with van der Waals surface area (Å²) < 4.78 is 1.61. The molecule has 2 saturated heterocycles. The largest absolute Gasteiger partial charge is 0.391 e. The van der Waals surface area contributed by atoms with Crippen molar-refractivity contribution in [2.24, 2.45) is 5.73 Å². The number of rotatable bonds is 8. The third kappa shape index (κ3) is 6.37. The molecule has 0 aromatic carbocycles. The molecule has 1 unspecified atom stereocenters. The molecule has 1 amide bonds. The Kier molecular flexibility index (Phi) is 7.69. The van der Waals surface area contributed by atoms with Gasteiger partial charge >= 0.3 is 5.69 Å². The maximum absolute atomic E-state index is 12.6. The van der Waals surface area contributed by atoms with E-state index in [0.717, 1.165) is 45.3 Å². The van der Waals surface area contributed by atoms with Crippen molar-refractivity contribution in [2.75, 3.05) is 38.0 Å². The number of β-amino-alcohol motifs (C(OH)–C–C–N with tert-alkyl or cyclic N) is 1. The van der Waals surface area contributed by atoms with E-state index in [2.05, 4.69) is 20.2 Å². The van der Waals surface area contributed by atoms with Gasteiger partial charge in [0, 0.05) is 43.6 Å². The number of aryl methyl sites for hydroxylation is 1. The number of piperidine rings is 1. The Morgan fingerprint density at radius 1 is 1.12 bits per heavy atom. The quantitative estimate of drug-likeness (QED) is 0.498. The van der Waals surface area contributed by atoms with Gasteiger partial charge in [0.25, 0.3) is 5.91 Å². The molecule has 2 fully saturated rings. The first-order valence-electron chi connectivity index (χ1n) is 11.7. The topological polar surface area (TPSA) is 130 Å². The maximum atomic E-state index is 12.6. The Bertz CT molecular complexity index is 1000. The minimum atomic E-state index is -0.465. The molecule has 33 heavy (non-hydrogen) atoms. The van der Waals surface area contributed by atoms with Gasteiger partial charge in [-0.3, -0.25) is 9.36 Å². The monoisotopic (exact) mass is 455 g/mol. The highest BCUT2D eigenvalue weighted by atomic mass is 16.3. The maximum Gasteiger partial charge on any atom is 0.349 e. The minimum absolute atomic E-state index is 0.146. The number of aliphatic hydroxyl groups is 1. The number of carbonyl (C=O) groups is 1. The third-order valence-corrected chi connectivity index (χ3v) is 6.34. The Balaban J connectivity index is 1.28. The molecule has 0 saturated carbocycles. The molecule has 2 aromatic heterocycles. The summed E-state index contributed by atoms with van der Waals surface area (Å²) in [6, 6.07) is 5.35. The summed E-state index contributed by atoms with van der Waals surface area (Å²) >= 11 is 0. The molecular weight excluding hydrogens is 422 g/mol. The van der Waals surface area contributed by atoms with Crippen molar-refractivity contribution in [2.45, 2.75) is 50.8 Å². The number of likely N-dealkylation sites (tertiary alicyclic amines) is 2. The van der Waals surface area contributed by atoms with Crippen molar-refractivity contribution in [1.82, 2.24) is 24.3 Å². The van der Waals surface area contributed by atoms with E-state index < -0.39 is 6.10 Å². The van der Waals surface area contributed by atoms with Gasteiger partial charge in [-0.1, -0.05) is 0 Å². The van der Waals surface area contributed by atoms with Gasteiger partial charge in [0.15, 0.2) is 0 Å². The van der Waals surface area contributed by atoms with Gasteiger partial charge in [-0.05, 0) is 69.9 Å². The second kappa shape index (κ2) is 10.9. The van der Waals surface area contributed by atoms with Crippen LogP contribution in [-0.4, -0.2) is 80.2 Å². The summed E-state index contributed by atoms with van der Waals surface area (Å²) in [6.45, 7) is 4.66. The lowest BCUT2D eigenvalue weighted by atomic mass is 10.1. The molecular formula is C23H33N7O3. The summed E-state index contributed by atoms with van der Waals surface area (Å²) in [6.07, 6.45) is 7.46. The van der Waals surface area contributed by atoms with Gasteiger partial charge < -0.3 is 26.0 Å². The summed E-state index contributed by atoms with van der Waals surface area (Å²) in [5.41, 5.74) is 6.11. The lowest BCUT2D eigenvalue weighted by molar-refractivity contribution is 0.0765. The molecule has 2 aliphatic rings. The number of aliphatic hydroxyl groups excluding tert-OH is 1. The molecule has 10 nitrogen and oxygen atoms in total. The molecule has 2 aromatic rings. The Morgan fingerprint density at radius 2 is 1.91 bits per heavy atom. The lowest BCUT2D eigenvalue weighted by Gasteiger charge is -2.29. The lowest BCUT2D eigenvalue weighted by Crippen LogP contribution is -2.40. The number of anilines is 2. The molecule has 10 heteroatoms. The van der Waals surface area contributed by atoms with Gasteiger partial charge in [-0.15, -0.1) is 0 Å². The number of nitrogens with one attached hydrogen (secondary N) is 1. The average molecular weight is 456 g/mol. The number of hydrogen-bond donors (Lipinski definition) is 3. The molecule has 0 aliphatic carbocycles. The van der Waals surface area contributed by atoms with Gasteiger partial charge in [0.2, 0.25) is 0 Å². The molecule has 4 heterocycles. The second-order valence-electron chi connectivity index (χ2n) is 8.92. The molecule has 0 radical (unpaired) electrons. The van der Waals surface area contributed by atoms with Gasteiger partial charge in [0.05, 0.1) is 6.10 Å². The number of nitrogens with two attached hydrogens (primary N) is 1. The first kappa shape index (κ1) is 23.3. The first-order valence-corrected chi connectivity index (χ1v) is 11.7. The fraction of sp³-hybridized carbons (Fsp3) is 0.565. The van der Waals surface area contributed by atoms with Crippen molar-refractivity contribution >= 4 is 17.5 Å². The van der Waals surface area contributed by atoms with Crippen LogP contribution in [0.5, 0.6) is 0 Å². The second-order valence-corrected chi connectivity index (χ2v) is 8.92. The number of hydrogen-bond acceptors (Lipinski definition) is 8. The Labute approximate surface area is 193 Å². The van der Waals surface area contributed by atoms with E-state index in [9.17, 15) is 14.7 Å². The van der Waals surface area contributed by atoms with Crippen molar-refractivity contribution < 1.29 is 9.90 Å². The highest BCUT2D eigenvalue weighted by Crippen LogP contribution is 2.17.